The minimum atomic E-state index is 0.971. The monoisotopic (exact) mass is 270 g/mol. The normalized spacial score (nSPS) is 31.4. The van der Waals surface area contributed by atoms with Crippen molar-refractivity contribution < 1.29 is 0 Å². The molecule has 13 heavy (non-hydrogen) atoms. The molecule has 2 aliphatic rings. The number of hydrogen-bond donors (Lipinski definition) is 0. The van der Waals surface area contributed by atoms with Crippen LogP contribution in [0.25, 0.3) is 0 Å². The number of rotatable bonds is 7. The van der Waals surface area contributed by atoms with E-state index in [0.717, 1.165) is 10.5 Å². The van der Waals surface area contributed by atoms with Crippen molar-refractivity contribution in [1.82, 2.24) is 0 Å². The second-order valence-electron chi connectivity index (χ2n) is 3.11. The highest BCUT2D eigenvalue weighted by atomic mass is 33.1. The fourth-order valence-corrected chi connectivity index (χ4v) is 6.66. The van der Waals surface area contributed by atoms with Gasteiger partial charge in [0.2, 0.25) is 0 Å². The number of hydrogen-bond acceptors (Lipinski definition) is 5. The van der Waals surface area contributed by atoms with Crippen LogP contribution in [-0.2, 0) is 0 Å². The molecule has 0 saturated carbocycles. The lowest BCUT2D eigenvalue weighted by Crippen LogP contribution is -2.15. The third-order valence-corrected chi connectivity index (χ3v) is 8.88. The maximum absolute atomic E-state index is 2.15. The Balaban J connectivity index is 1.32. The highest BCUT2D eigenvalue weighted by molar-refractivity contribution is 8.79. The Kier molecular flexibility index (Phi) is 5.50. The molecule has 76 valence electrons. The smallest absolute Gasteiger partial charge is 0.0340 e. The lowest BCUT2D eigenvalue weighted by molar-refractivity contribution is 1.14. The quantitative estimate of drug-likeness (QED) is 0.394. The second-order valence-corrected chi connectivity index (χ2v) is 9.45. The van der Waals surface area contributed by atoms with E-state index in [-0.39, 0.29) is 0 Å². The summed E-state index contributed by atoms with van der Waals surface area (Å²) >= 11 is 6.41. The molecule has 0 nitrogen and oxygen atoms in total. The van der Waals surface area contributed by atoms with E-state index in [9.17, 15) is 0 Å². The second kappa shape index (κ2) is 6.36. The largest absolute Gasteiger partial charge is 0.160 e. The third-order valence-electron chi connectivity index (χ3n) is 1.84. The molecule has 5 heteroatoms. The van der Waals surface area contributed by atoms with Crippen molar-refractivity contribution in [2.75, 3.05) is 34.5 Å². The van der Waals surface area contributed by atoms with Gasteiger partial charge in [0.25, 0.3) is 0 Å². The van der Waals surface area contributed by atoms with Crippen molar-refractivity contribution in [1.29, 1.82) is 0 Å². The van der Waals surface area contributed by atoms with E-state index >= 15 is 0 Å². The average molecular weight is 271 g/mol. The summed E-state index contributed by atoms with van der Waals surface area (Å²) in [4.78, 5) is 0. The Labute approximate surface area is 101 Å². The van der Waals surface area contributed by atoms with E-state index in [2.05, 4.69) is 46.1 Å². The summed E-state index contributed by atoms with van der Waals surface area (Å²) in [5.74, 6) is 8.34. The molecule has 0 radical (unpaired) electrons. The van der Waals surface area contributed by atoms with E-state index in [1.165, 1.54) is 34.5 Å². The van der Waals surface area contributed by atoms with Crippen LogP contribution in [0, 0.1) is 0 Å². The Morgan fingerprint density at radius 1 is 1.00 bits per heavy atom. The van der Waals surface area contributed by atoms with Crippen LogP contribution in [0.3, 0.4) is 0 Å². The molecule has 0 bridgehead atoms. The van der Waals surface area contributed by atoms with Crippen molar-refractivity contribution in [3.63, 3.8) is 0 Å². The van der Waals surface area contributed by atoms with E-state index in [1.807, 2.05) is 10.8 Å². The van der Waals surface area contributed by atoms with E-state index in [1.54, 1.807) is 0 Å². The Hall–Kier alpha value is 1.75. The highest BCUT2D eigenvalue weighted by Gasteiger charge is 2.21. The van der Waals surface area contributed by atoms with Gasteiger partial charge in [-0.25, -0.2) is 0 Å². The molecular weight excluding hydrogens is 256 g/mol. The first-order valence-corrected chi connectivity index (χ1v) is 10.2. The minimum absolute atomic E-state index is 0.971. The predicted octanol–water partition coefficient (Wildman–Crippen LogP) is 3.33. The van der Waals surface area contributed by atoms with Crippen LogP contribution in [0.2, 0.25) is 0 Å². The average Bonchev–Trinajstić information content (AvgIpc) is 2.83. The summed E-state index contributed by atoms with van der Waals surface area (Å²) < 4.78 is 0. The molecule has 0 spiro atoms. The molecule has 0 aliphatic carbocycles. The molecule has 0 N–H and O–H groups in total. The van der Waals surface area contributed by atoms with E-state index < -0.39 is 0 Å². The molecule has 2 atom stereocenters. The Morgan fingerprint density at radius 2 is 1.62 bits per heavy atom. The van der Waals surface area contributed by atoms with Gasteiger partial charge >= 0.3 is 0 Å². The van der Waals surface area contributed by atoms with Gasteiger partial charge in [-0.1, -0.05) is 21.6 Å². The lowest BCUT2D eigenvalue weighted by Gasteiger charge is -2.22. The maximum Gasteiger partial charge on any atom is 0.0340 e. The number of thioether (sulfide) groups is 3. The summed E-state index contributed by atoms with van der Waals surface area (Å²) in [7, 11) is 4.09. The van der Waals surface area contributed by atoms with Gasteiger partial charge in [0.15, 0.2) is 0 Å². The van der Waals surface area contributed by atoms with Crippen LogP contribution in [0.5, 0.6) is 0 Å². The highest BCUT2D eigenvalue weighted by Crippen LogP contribution is 2.41. The van der Waals surface area contributed by atoms with Gasteiger partial charge in [-0.3, -0.25) is 0 Å². The van der Waals surface area contributed by atoms with E-state index in [4.69, 9.17) is 0 Å². The van der Waals surface area contributed by atoms with Crippen LogP contribution in [-0.4, -0.2) is 45.0 Å². The molecule has 2 fully saturated rings. The molecule has 2 heterocycles. The first-order valence-electron chi connectivity index (χ1n) is 4.50. The SMILES string of the molecule is C(CSCC1CSS1)SCC1CS1. The van der Waals surface area contributed by atoms with Gasteiger partial charge in [0.1, 0.15) is 0 Å². The molecule has 2 saturated heterocycles. The topological polar surface area (TPSA) is 0 Å². The summed E-state index contributed by atoms with van der Waals surface area (Å²) in [6, 6.07) is 0. The predicted molar refractivity (Wildman–Crippen MR) is 74.7 cm³/mol. The standard InChI is InChI=1S/C8H14S5/c1(9-3-7-5-11-7)2-10-4-8-6-12-13-8/h7-8H,1-6H2. The van der Waals surface area contributed by atoms with Crippen LogP contribution < -0.4 is 0 Å². The molecule has 2 rings (SSSR count). The van der Waals surface area contributed by atoms with Gasteiger partial charge in [0.05, 0.1) is 0 Å². The van der Waals surface area contributed by atoms with Crippen LogP contribution in [0.15, 0.2) is 0 Å². The van der Waals surface area contributed by atoms with Gasteiger partial charge in [-0.2, -0.15) is 35.3 Å². The Bertz CT molecular complexity index is 143. The van der Waals surface area contributed by atoms with Crippen molar-refractivity contribution in [2.24, 2.45) is 0 Å². The first-order chi connectivity index (χ1) is 6.45. The van der Waals surface area contributed by atoms with Crippen molar-refractivity contribution in [2.45, 2.75) is 10.5 Å². The van der Waals surface area contributed by atoms with Crippen molar-refractivity contribution in [3.8, 4) is 0 Å². The summed E-state index contributed by atoms with van der Waals surface area (Å²) in [5, 5.41) is 1.99. The molecule has 0 aromatic heterocycles. The zero-order valence-electron chi connectivity index (χ0n) is 7.44. The van der Waals surface area contributed by atoms with Crippen LogP contribution in [0.1, 0.15) is 0 Å². The van der Waals surface area contributed by atoms with Crippen LogP contribution in [0.4, 0.5) is 0 Å². The van der Waals surface area contributed by atoms with E-state index in [0.29, 0.717) is 0 Å². The fraction of sp³-hybridized carbons (Fsp3) is 1.00. The molecule has 0 aromatic carbocycles. The molecule has 2 aliphatic heterocycles. The van der Waals surface area contributed by atoms with Crippen molar-refractivity contribution in [3.05, 3.63) is 0 Å². The zero-order valence-corrected chi connectivity index (χ0v) is 11.5. The lowest BCUT2D eigenvalue weighted by atomic mass is 10.5. The van der Waals surface area contributed by atoms with Gasteiger partial charge in [-0.15, -0.1) is 0 Å². The first kappa shape index (κ1) is 11.2. The van der Waals surface area contributed by atoms with Gasteiger partial charge in [0, 0.05) is 45.0 Å². The molecular formula is C8H14S5. The van der Waals surface area contributed by atoms with Crippen LogP contribution >= 0.6 is 56.9 Å². The maximum atomic E-state index is 2.15. The zero-order chi connectivity index (χ0) is 8.93. The molecule has 2 unspecified atom stereocenters. The molecule has 0 amide bonds. The summed E-state index contributed by atoms with van der Waals surface area (Å²) in [6.07, 6.45) is 0. The van der Waals surface area contributed by atoms with Gasteiger partial charge in [-0.05, 0) is 0 Å². The van der Waals surface area contributed by atoms with Gasteiger partial charge < -0.3 is 0 Å². The third kappa shape index (κ3) is 4.87. The summed E-state index contributed by atoms with van der Waals surface area (Å²) in [5.41, 5.74) is 0. The molecule has 0 aromatic rings. The summed E-state index contributed by atoms with van der Waals surface area (Å²) in [6.45, 7) is 0. The minimum Gasteiger partial charge on any atom is -0.160 e. The fourth-order valence-electron chi connectivity index (χ4n) is 0.952. The van der Waals surface area contributed by atoms with Crippen molar-refractivity contribution >= 4 is 56.9 Å². The Morgan fingerprint density at radius 3 is 2.08 bits per heavy atom.